The number of hydrogen-bond donors (Lipinski definition) is 1. The molecule has 1 aromatic heterocycles. The molecule has 1 aromatic rings. The van der Waals surface area contributed by atoms with Crippen molar-refractivity contribution >= 4 is 0 Å². The first kappa shape index (κ1) is 10.1. The molecule has 1 rings (SSSR count). The number of hydrogen-bond acceptors (Lipinski definition) is 5. The van der Waals surface area contributed by atoms with Gasteiger partial charge in [0.2, 0.25) is 11.8 Å². The van der Waals surface area contributed by atoms with Gasteiger partial charge in [0.1, 0.15) is 0 Å². The molecular weight excluding hydrogens is 168 g/mol. The Morgan fingerprint density at radius 1 is 1.38 bits per heavy atom. The monoisotopic (exact) mass is 184 g/mol. The molecule has 0 amide bonds. The molecule has 5 heteroatoms. The molecule has 74 valence electrons. The van der Waals surface area contributed by atoms with Crippen molar-refractivity contribution in [2.45, 2.75) is 19.9 Å². The summed E-state index contributed by atoms with van der Waals surface area (Å²) in [7, 11) is 1.97. The first-order valence-electron chi connectivity index (χ1n) is 4.46. The van der Waals surface area contributed by atoms with Crippen LogP contribution in [0.5, 0.6) is 0 Å². The molecule has 13 heavy (non-hydrogen) atoms. The van der Waals surface area contributed by atoms with E-state index in [9.17, 15) is 0 Å². The molecule has 0 aromatic carbocycles. The van der Waals surface area contributed by atoms with Crippen LogP contribution in [0.1, 0.15) is 18.7 Å². The summed E-state index contributed by atoms with van der Waals surface area (Å²) in [4.78, 5) is 2.05. The van der Waals surface area contributed by atoms with Gasteiger partial charge in [-0.15, -0.1) is 10.2 Å². The standard InChI is InChI=1S/C8H16N4O/c1-3-7-10-11-8(13-7)6-12(2)5-4-9/h3-6,9H2,1-2H3. The SMILES string of the molecule is CCc1nnc(CN(C)CCN)o1. The van der Waals surface area contributed by atoms with Gasteiger partial charge in [-0.05, 0) is 7.05 Å². The number of aryl methyl sites for hydroxylation is 1. The van der Waals surface area contributed by atoms with Gasteiger partial charge in [-0.3, -0.25) is 4.90 Å². The van der Waals surface area contributed by atoms with E-state index in [2.05, 4.69) is 10.2 Å². The lowest BCUT2D eigenvalue weighted by atomic mass is 10.5. The van der Waals surface area contributed by atoms with Gasteiger partial charge in [-0.2, -0.15) is 0 Å². The number of aromatic nitrogens is 2. The van der Waals surface area contributed by atoms with Gasteiger partial charge in [0.15, 0.2) is 0 Å². The summed E-state index contributed by atoms with van der Waals surface area (Å²) in [5.74, 6) is 1.35. The number of rotatable bonds is 5. The molecule has 0 aliphatic heterocycles. The highest BCUT2D eigenvalue weighted by Crippen LogP contribution is 2.02. The van der Waals surface area contributed by atoms with Crippen LogP contribution in [-0.4, -0.2) is 35.2 Å². The van der Waals surface area contributed by atoms with E-state index in [0.29, 0.717) is 24.9 Å². The molecule has 0 saturated carbocycles. The second kappa shape index (κ2) is 4.94. The van der Waals surface area contributed by atoms with Crippen LogP contribution in [0.2, 0.25) is 0 Å². The molecule has 0 saturated heterocycles. The second-order valence-corrected chi connectivity index (χ2v) is 2.97. The molecule has 0 bridgehead atoms. The predicted molar refractivity (Wildman–Crippen MR) is 49.1 cm³/mol. The first-order valence-corrected chi connectivity index (χ1v) is 4.46. The minimum absolute atomic E-state index is 0.644. The van der Waals surface area contributed by atoms with Crippen LogP contribution in [-0.2, 0) is 13.0 Å². The van der Waals surface area contributed by atoms with Crippen LogP contribution in [0.15, 0.2) is 4.42 Å². The fourth-order valence-electron chi connectivity index (χ4n) is 1.03. The Balaban J connectivity index is 2.44. The Bertz CT molecular complexity index is 248. The molecule has 0 aliphatic carbocycles. The summed E-state index contributed by atoms with van der Waals surface area (Å²) in [6.07, 6.45) is 0.785. The third kappa shape index (κ3) is 3.12. The smallest absolute Gasteiger partial charge is 0.230 e. The Labute approximate surface area is 77.9 Å². The normalized spacial score (nSPS) is 11.1. The highest BCUT2D eigenvalue weighted by molar-refractivity contribution is 4.80. The quantitative estimate of drug-likeness (QED) is 0.698. The van der Waals surface area contributed by atoms with E-state index in [1.165, 1.54) is 0 Å². The van der Waals surface area contributed by atoms with E-state index < -0.39 is 0 Å². The number of nitrogens with two attached hydrogens (primary N) is 1. The number of nitrogens with zero attached hydrogens (tertiary/aromatic N) is 3. The highest BCUT2D eigenvalue weighted by Gasteiger charge is 2.06. The van der Waals surface area contributed by atoms with E-state index in [1.807, 2.05) is 18.9 Å². The van der Waals surface area contributed by atoms with E-state index in [4.69, 9.17) is 10.2 Å². The minimum Gasteiger partial charge on any atom is -0.424 e. The summed E-state index contributed by atoms with van der Waals surface area (Å²) < 4.78 is 5.35. The second-order valence-electron chi connectivity index (χ2n) is 2.97. The van der Waals surface area contributed by atoms with Crippen LogP contribution in [0.4, 0.5) is 0 Å². The maximum absolute atomic E-state index is 5.41. The zero-order valence-corrected chi connectivity index (χ0v) is 8.16. The molecule has 0 fully saturated rings. The molecule has 0 aliphatic rings. The van der Waals surface area contributed by atoms with Gasteiger partial charge in [-0.1, -0.05) is 6.92 Å². The van der Waals surface area contributed by atoms with Gasteiger partial charge in [-0.25, -0.2) is 0 Å². The van der Waals surface area contributed by atoms with Gasteiger partial charge in [0.05, 0.1) is 6.54 Å². The molecule has 1 heterocycles. The maximum atomic E-state index is 5.41. The summed E-state index contributed by atoms with van der Waals surface area (Å²) in [6, 6.07) is 0. The third-order valence-electron chi connectivity index (χ3n) is 1.73. The molecule has 0 atom stereocenters. The van der Waals surface area contributed by atoms with Crippen molar-refractivity contribution in [2.75, 3.05) is 20.1 Å². The highest BCUT2D eigenvalue weighted by atomic mass is 16.4. The Kier molecular flexibility index (Phi) is 3.85. The topological polar surface area (TPSA) is 68.2 Å². The number of likely N-dealkylation sites (N-methyl/N-ethyl adjacent to an activating group) is 1. The third-order valence-corrected chi connectivity index (χ3v) is 1.73. The van der Waals surface area contributed by atoms with Crippen LogP contribution < -0.4 is 5.73 Å². The van der Waals surface area contributed by atoms with Gasteiger partial charge >= 0.3 is 0 Å². The van der Waals surface area contributed by atoms with Gasteiger partial charge < -0.3 is 10.2 Å². The summed E-state index contributed by atoms with van der Waals surface area (Å²) >= 11 is 0. The van der Waals surface area contributed by atoms with Crippen molar-refractivity contribution in [2.24, 2.45) is 5.73 Å². The zero-order valence-electron chi connectivity index (χ0n) is 8.16. The Morgan fingerprint density at radius 2 is 2.08 bits per heavy atom. The average molecular weight is 184 g/mol. The fourth-order valence-corrected chi connectivity index (χ4v) is 1.03. The van der Waals surface area contributed by atoms with Gasteiger partial charge in [0.25, 0.3) is 0 Å². The molecule has 0 radical (unpaired) electrons. The Hall–Kier alpha value is -0.940. The summed E-state index contributed by atoms with van der Waals surface area (Å²) in [6.45, 7) is 4.14. The largest absolute Gasteiger partial charge is 0.424 e. The van der Waals surface area contributed by atoms with Crippen LogP contribution in [0.25, 0.3) is 0 Å². The first-order chi connectivity index (χ1) is 6.26. The zero-order chi connectivity index (χ0) is 9.68. The molecule has 5 nitrogen and oxygen atoms in total. The van der Waals surface area contributed by atoms with Crippen molar-refractivity contribution in [3.8, 4) is 0 Å². The van der Waals surface area contributed by atoms with Crippen molar-refractivity contribution < 1.29 is 4.42 Å². The summed E-state index contributed by atoms with van der Waals surface area (Å²) in [5, 5.41) is 7.78. The summed E-state index contributed by atoms with van der Waals surface area (Å²) in [5.41, 5.74) is 5.41. The predicted octanol–water partition coefficient (Wildman–Crippen LogP) is 0.0225. The molecular formula is C8H16N4O. The van der Waals surface area contributed by atoms with E-state index in [1.54, 1.807) is 0 Å². The van der Waals surface area contributed by atoms with Crippen LogP contribution >= 0.6 is 0 Å². The lowest BCUT2D eigenvalue weighted by Crippen LogP contribution is -2.25. The van der Waals surface area contributed by atoms with Crippen LogP contribution in [0, 0.1) is 0 Å². The maximum Gasteiger partial charge on any atom is 0.230 e. The molecule has 2 N–H and O–H groups in total. The lowest BCUT2D eigenvalue weighted by molar-refractivity contribution is 0.291. The average Bonchev–Trinajstić information content (AvgIpc) is 2.52. The molecule has 0 spiro atoms. The van der Waals surface area contributed by atoms with E-state index in [-0.39, 0.29) is 0 Å². The van der Waals surface area contributed by atoms with E-state index in [0.717, 1.165) is 13.0 Å². The van der Waals surface area contributed by atoms with Crippen molar-refractivity contribution in [3.05, 3.63) is 11.8 Å². The lowest BCUT2D eigenvalue weighted by Gasteiger charge is -2.11. The molecule has 0 unspecified atom stereocenters. The van der Waals surface area contributed by atoms with Crippen LogP contribution in [0.3, 0.4) is 0 Å². The van der Waals surface area contributed by atoms with Gasteiger partial charge in [0, 0.05) is 19.5 Å². The Morgan fingerprint density at radius 3 is 2.62 bits per heavy atom. The van der Waals surface area contributed by atoms with Crippen molar-refractivity contribution in [1.29, 1.82) is 0 Å². The van der Waals surface area contributed by atoms with Crippen molar-refractivity contribution in [1.82, 2.24) is 15.1 Å². The van der Waals surface area contributed by atoms with E-state index >= 15 is 0 Å². The van der Waals surface area contributed by atoms with Crippen molar-refractivity contribution in [3.63, 3.8) is 0 Å². The minimum atomic E-state index is 0.644. The fraction of sp³-hybridized carbons (Fsp3) is 0.750.